The fraction of sp³-hybridized carbons (Fsp3) is 0.0588. The minimum absolute atomic E-state index is 0.226. The van der Waals surface area contributed by atoms with Crippen molar-refractivity contribution in [3.8, 4) is 16.5 Å². The van der Waals surface area contributed by atoms with Crippen LogP contribution in [0.15, 0.2) is 50.7 Å². The van der Waals surface area contributed by atoms with Crippen molar-refractivity contribution in [2.75, 3.05) is 7.11 Å². The van der Waals surface area contributed by atoms with E-state index in [2.05, 4.69) is 20.5 Å². The summed E-state index contributed by atoms with van der Waals surface area (Å²) in [6, 6.07) is 9.98. The molecule has 1 fully saturated rings. The molecule has 1 aliphatic rings. The number of amidine groups is 1. The second-order valence-electron chi connectivity index (χ2n) is 5.54. The van der Waals surface area contributed by atoms with Crippen molar-refractivity contribution in [2.24, 2.45) is 4.99 Å². The molecule has 1 amide bonds. The summed E-state index contributed by atoms with van der Waals surface area (Å²) in [5, 5.41) is 22.2. The van der Waals surface area contributed by atoms with Crippen LogP contribution in [-0.4, -0.2) is 33.3 Å². The van der Waals surface area contributed by atoms with Crippen molar-refractivity contribution < 1.29 is 18.9 Å². The van der Waals surface area contributed by atoms with Gasteiger partial charge in [-0.25, -0.2) is 0 Å². The van der Waals surface area contributed by atoms with Gasteiger partial charge in [-0.15, -0.1) is 10.2 Å². The highest BCUT2D eigenvalue weighted by Crippen LogP contribution is 2.33. The molecule has 0 unspecified atom stereocenters. The highest BCUT2D eigenvalue weighted by atomic mass is 32.2. The second-order valence-corrected chi connectivity index (χ2v) is 7.53. The van der Waals surface area contributed by atoms with Crippen LogP contribution in [0.25, 0.3) is 16.8 Å². The number of benzene rings is 1. The number of hydrogen-bond acceptors (Lipinski definition) is 10. The zero-order valence-electron chi connectivity index (χ0n) is 14.7. The summed E-state index contributed by atoms with van der Waals surface area (Å²) >= 11 is 2.26. The molecule has 1 N–H and O–H groups in total. The lowest BCUT2D eigenvalue weighted by Gasteiger charge is -1.99. The predicted molar refractivity (Wildman–Crippen MR) is 108 cm³/mol. The monoisotopic (exact) mass is 429 g/mol. The predicted octanol–water partition coefficient (Wildman–Crippen LogP) is 3.61. The first kappa shape index (κ1) is 18.8. The van der Waals surface area contributed by atoms with Crippen LogP contribution in [0.3, 0.4) is 0 Å². The topological polar surface area (TPSA) is 133 Å². The Kier molecular flexibility index (Phi) is 5.10. The van der Waals surface area contributed by atoms with E-state index in [-0.39, 0.29) is 22.7 Å². The second kappa shape index (κ2) is 7.85. The first-order valence-electron chi connectivity index (χ1n) is 8.03. The smallest absolute Gasteiger partial charge is 0.433 e. The number of nitrogens with zero attached hydrogens (tertiary/aromatic N) is 4. The van der Waals surface area contributed by atoms with E-state index in [9.17, 15) is 14.9 Å². The lowest BCUT2D eigenvalue weighted by molar-refractivity contribution is -0.401. The number of nitrogens with one attached hydrogen (secondary N) is 1. The molecule has 146 valence electrons. The van der Waals surface area contributed by atoms with Crippen molar-refractivity contribution in [1.82, 2.24) is 15.5 Å². The van der Waals surface area contributed by atoms with E-state index in [0.717, 1.165) is 22.6 Å². The summed E-state index contributed by atoms with van der Waals surface area (Å²) in [5.74, 6) is 0.307. The molecule has 2 aromatic heterocycles. The molecule has 12 heteroatoms. The number of ether oxygens (including phenoxy) is 1. The van der Waals surface area contributed by atoms with E-state index in [1.165, 1.54) is 23.9 Å². The van der Waals surface area contributed by atoms with Crippen molar-refractivity contribution in [3.63, 3.8) is 0 Å². The van der Waals surface area contributed by atoms with Gasteiger partial charge in [0.15, 0.2) is 15.9 Å². The Hall–Kier alpha value is -3.51. The van der Waals surface area contributed by atoms with Gasteiger partial charge in [-0.05, 0) is 41.6 Å². The molecule has 3 aromatic rings. The summed E-state index contributed by atoms with van der Waals surface area (Å²) in [4.78, 5) is 27.0. The van der Waals surface area contributed by atoms with Gasteiger partial charge in [-0.2, -0.15) is 4.99 Å². The Bertz CT molecular complexity index is 1150. The van der Waals surface area contributed by atoms with Gasteiger partial charge in [0.1, 0.15) is 10.7 Å². The minimum atomic E-state index is -0.632. The van der Waals surface area contributed by atoms with Crippen molar-refractivity contribution >= 4 is 51.3 Å². The molecular weight excluding hydrogens is 418 g/mol. The number of amides is 1. The normalized spacial score (nSPS) is 16.4. The summed E-state index contributed by atoms with van der Waals surface area (Å²) < 4.78 is 10.2. The number of aliphatic imine (C=N–C) groups is 1. The van der Waals surface area contributed by atoms with Crippen molar-refractivity contribution in [1.29, 1.82) is 0 Å². The molecule has 29 heavy (non-hydrogen) atoms. The Morgan fingerprint density at radius 2 is 2.03 bits per heavy atom. The molecule has 0 atom stereocenters. The number of carbonyl (C=O) groups is 1. The van der Waals surface area contributed by atoms with Crippen LogP contribution >= 0.6 is 23.1 Å². The quantitative estimate of drug-likeness (QED) is 0.369. The largest absolute Gasteiger partial charge is 0.497 e. The van der Waals surface area contributed by atoms with E-state index < -0.39 is 4.92 Å². The molecule has 1 aliphatic heterocycles. The standard InChI is InChI=1S/C17H11N5O5S2/c1-26-10-4-2-9(3-5-10)8-12-14(23)18-16(28-12)19-17-21-20-15(29-17)11-6-7-13(27-11)22(24)25/h2-8H,1H3,(H,18,19,21,23). The van der Waals surface area contributed by atoms with Crippen LogP contribution in [0.1, 0.15) is 5.56 Å². The van der Waals surface area contributed by atoms with Gasteiger partial charge >= 0.3 is 5.88 Å². The number of hydrogen-bond donors (Lipinski definition) is 1. The maximum atomic E-state index is 12.2. The van der Waals surface area contributed by atoms with Crippen LogP contribution in [0, 0.1) is 10.1 Å². The molecule has 0 bridgehead atoms. The zero-order chi connectivity index (χ0) is 20.4. The first-order valence-corrected chi connectivity index (χ1v) is 9.67. The lowest BCUT2D eigenvalue weighted by atomic mass is 10.2. The fourth-order valence-electron chi connectivity index (χ4n) is 2.32. The van der Waals surface area contributed by atoms with E-state index >= 15 is 0 Å². The average Bonchev–Trinajstić information content (AvgIpc) is 3.43. The molecule has 0 radical (unpaired) electrons. The van der Waals surface area contributed by atoms with Crippen molar-refractivity contribution in [2.45, 2.75) is 0 Å². The first-order chi connectivity index (χ1) is 14.0. The number of rotatable bonds is 5. The highest BCUT2D eigenvalue weighted by Gasteiger charge is 2.24. The Labute approximate surface area is 171 Å². The number of carbonyl (C=O) groups excluding carboxylic acids is 1. The number of furan rings is 1. The number of methoxy groups -OCH3 is 1. The molecular formula is C17H11N5O5S2. The third-order valence-electron chi connectivity index (χ3n) is 3.66. The SMILES string of the molecule is COc1ccc(C=C2SC(=Nc3nnc(-c4ccc([N+](=O)[O-])o4)s3)NC2=O)cc1. The molecule has 0 saturated carbocycles. The van der Waals surface area contributed by atoms with E-state index in [0.29, 0.717) is 15.1 Å². The van der Waals surface area contributed by atoms with Gasteiger partial charge in [0.25, 0.3) is 5.91 Å². The lowest BCUT2D eigenvalue weighted by Crippen LogP contribution is -2.19. The van der Waals surface area contributed by atoms with E-state index in [4.69, 9.17) is 9.15 Å². The van der Waals surface area contributed by atoms with Gasteiger partial charge < -0.3 is 14.5 Å². The Morgan fingerprint density at radius 1 is 1.24 bits per heavy atom. The molecule has 4 rings (SSSR count). The number of aromatic nitrogens is 2. The van der Waals surface area contributed by atoms with Crippen LogP contribution in [-0.2, 0) is 4.79 Å². The molecule has 1 aromatic carbocycles. The van der Waals surface area contributed by atoms with Gasteiger partial charge in [-0.1, -0.05) is 23.5 Å². The third kappa shape index (κ3) is 4.17. The molecule has 1 saturated heterocycles. The maximum Gasteiger partial charge on any atom is 0.433 e. The van der Waals surface area contributed by atoms with Crippen molar-refractivity contribution in [3.05, 3.63) is 57.0 Å². The highest BCUT2D eigenvalue weighted by molar-refractivity contribution is 8.18. The summed E-state index contributed by atoms with van der Waals surface area (Å²) in [6.07, 6.45) is 1.75. The zero-order valence-corrected chi connectivity index (χ0v) is 16.3. The summed E-state index contributed by atoms with van der Waals surface area (Å²) in [6.45, 7) is 0. The average molecular weight is 429 g/mol. The number of thioether (sulfide) groups is 1. The summed E-state index contributed by atoms with van der Waals surface area (Å²) in [5.41, 5.74) is 0.849. The van der Waals surface area contributed by atoms with Crippen LogP contribution in [0.4, 0.5) is 11.0 Å². The van der Waals surface area contributed by atoms with Crippen LogP contribution in [0.2, 0.25) is 0 Å². The number of nitro groups is 1. The van der Waals surface area contributed by atoms with Crippen LogP contribution < -0.4 is 10.1 Å². The van der Waals surface area contributed by atoms with E-state index in [1.54, 1.807) is 25.3 Å². The Morgan fingerprint density at radius 3 is 2.72 bits per heavy atom. The van der Waals surface area contributed by atoms with Gasteiger partial charge in [0, 0.05) is 0 Å². The van der Waals surface area contributed by atoms with Gasteiger partial charge in [-0.3, -0.25) is 14.9 Å². The maximum absolute atomic E-state index is 12.2. The molecule has 0 spiro atoms. The van der Waals surface area contributed by atoms with Gasteiger partial charge in [0.05, 0.1) is 18.1 Å². The third-order valence-corrected chi connectivity index (χ3v) is 5.40. The van der Waals surface area contributed by atoms with Crippen LogP contribution in [0.5, 0.6) is 5.75 Å². The van der Waals surface area contributed by atoms with Gasteiger partial charge in [0.2, 0.25) is 5.13 Å². The summed E-state index contributed by atoms with van der Waals surface area (Å²) in [7, 11) is 1.59. The van der Waals surface area contributed by atoms with E-state index in [1.807, 2.05) is 12.1 Å². The Balaban J connectivity index is 1.50. The molecule has 3 heterocycles. The molecule has 0 aliphatic carbocycles. The minimum Gasteiger partial charge on any atom is -0.497 e. The fourth-order valence-corrected chi connectivity index (χ4v) is 3.88. The molecule has 10 nitrogen and oxygen atoms in total.